The molecule has 2 rings (SSSR count). The van der Waals surface area contributed by atoms with Crippen LogP contribution in [0, 0.1) is 0 Å². The Labute approximate surface area is 98.5 Å². The van der Waals surface area contributed by atoms with Gasteiger partial charge in [-0.05, 0) is 42.0 Å². The zero-order valence-corrected chi connectivity index (χ0v) is 9.67. The van der Waals surface area contributed by atoms with Crippen molar-refractivity contribution in [2.75, 3.05) is 11.5 Å². The van der Waals surface area contributed by atoms with Crippen molar-refractivity contribution in [2.45, 2.75) is 18.4 Å². The maximum atomic E-state index is 10.9. The van der Waals surface area contributed by atoms with Crippen LogP contribution in [0.4, 0.5) is 0 Å². The first-order valence-electron chi connectivity index (χ1n) is 5.26. The Balaban J connectivity index is 2.31. The van der Waals surface area contributed by atoms with Crippen molar-refractivity contribution >= 4 is 17.7 Å². The average molecular weight is 238 g/mol. The summed E-state index contributed by atoms with van der Waals surface area (Å²) in [6.07, 6.45) is 1.39. The minimum atomic E-state index is -0.948. The van der Waals surface area contributed by atoms with Gasteiger partial charge in [0, 0.05) is 0 Å². The minimum Gasteiger partial charge on any atom is -0.478 e. The summed E-state index contributed by atoms with van der Waals surface area (Å²) in [4.78, 5) is 10.9. The van der Waals surface area contributed by atoms with Gasteiger partial charge in [-0.2, -0.15) is 11.8 Å². The molecule has 0 radical (unpaired) electrons. The predicted molar refractivity (Wildman–Crippen MR) is 63.9 cm³/mol. The number of carboxylic acids is 1. The number of aliphatic hydroxyl groups is 1. The molecule has 0 bridgehead atoms. The molecule has 16 heavy (non-hydrogen) atoms. The molecule has 1 fully saturated rings. The Morgan fingerprint density at radius 3 is 2.62 bits per heavy atom. The highest BCUT2D eigenvalue weighted by Gasteiger charge is 2.31. The molecule has 1 aromatic carbocycles. The van der Waals surface area contributed by atoms with E-state index in [2.05, 4.69) is 0 Å². The van der Waals surface area contributed by atoms with Gasteiger partial charge in [0.1, 0.15) is 0 Å². The highest BCUT2D eigenvalue weighted by molar-refractivity contribution is 7.99. The molecule has 4 heteroatoms. The third-order valence-electron chi connectivity index (χ3n) is 2.97. The minimum absolute atomic E-state index is 0.240. The van der Waals surface area contributed by atoms with E-state index in [1.807, 2.05) is 17.8 Å². The van der Waals surface area contributed by atoms with Gasteiger partial charge in [-0.15, -0.1) is 0 Å². The highest BCUT2D eigenvalue weighted by Crippen LogP contribution is 2.35. The van der Waals surface area contributed by atoms with Crippen LogP contribution in [0.3, 0.4) is 0 Å². The molecular formula is C12H14O3S. The van der Waals surface area contributed by atoms with E-state index in [9.17, 15) is 9.90 Å². The van der Waals surface area contributed by atoms with Gasteiger partial charge in [-0.3, -0.25) is 0 Å². The first kappa shape index (κ1) is 11.5. The van der Waals surface area contributed by atoms with Gasteiger partial charge in [-0.1, -0.05) is 12.1 Å². The largest absolute Gasteiger partial charge is 0.478 e. The van der Waals surface area contributed by atoms with Gasteiger partial charge in [0.05, 0.1) is 11.2 Å². The molecule has 0 amide bonds. The molecule has 0 atom stereocenters. The second-order valence-electron chi connectivity index (χ2n) is 4.03. The summed E-state index contributed by atoms with van der Waals surface area (Å²) in [6.45, 7) is 0. The lowest BCUT2D eigenvalue weighted by molar-refractivity contribution is 0.0280. The fraction of sp³-hybridized carbons (Fsp3) is 0.417. The standard InChI is InChI=1S/C12H14O3S/c13-11(14)9-2-1-3-10(8-9)12(15)4-6-16-7-5-12/h1-3,8,15H,4-7H2,(H,13,14). The van der Waals surface area contributed by atoms with Crippen molar-refractivity contribution in [1.82, 2.24) is 0 Å². The van der Waals surface area contributed by atoms with Crippen molar-refractivity contribution in [2.24, 2.45) is 0 Å². The van der Waals surface area contributed by atoms with Crippen LogP contribution in [-0.2, 0) is 5.60 Å². The molecule has 3 nitrogen and oxygen atoms in total. The van der Waals surface area contributed by atoms with Gasteiger partial charge in [0.2, 0.25) is 0 Å². The number of rotatable bonds is 2. The lowest BCUT2D eigenvalue weighted by Crippen LogP contribution is -2.30. The second kappa shape index (κ2) is 4.47. The van der Waals surface area contributed by atoms with Gasteiger partial charge >= 0.3 is 5.97 Å². The van der Waals surface area contributed by atoms with E-state index in [0.717, 1.165) is 17.1 Å². The van der Waals surface area contributed by atoms with E-state index in [0.29, 0.717) is 12.8 Å². The molecule has 0 aliphatic carbocycles. The molecule has 0 aromatic heterocycles. The maximum absolute atomic E-state index is 10.9. The van der Waals surface area contributed by atoms with E-state index in [1.165, 1.54) is 0 Å². The van der Waals surface area contributed by atoms with Crippen molar-refractivity contribution in [3.63, 3.8) is 0 Å². The van der Waals surface area contributed by atoms with Gasteiger partial charge in [0.15, 0.2) is 0 Å². The van der Waals surface area contributed by atoms with E-state index < -0.39 is 11.6 Å². The molecule has 1 aliphatic heterocycles. The normalized spacial score (nSPS) is 19.3. The SMILES string of the molecule is O=C(O)c1cccc(C2(O)CCSCC2)c1. The number of benzene rings is 1. The number of hydrogen-bond donors (Lipinski definition) is 2. The number of carbonyl (C=O) groups is 1. The summed E-state index contributed by atoms with van der Waals surface area (Å²) in [5, 5.41) is 19.3. The molecule has 1 aliphatic rings. The lowest BCUT2D eigenvalue weighted by Gasteiger charge is -2.32. The lowest BCUT2D eigenvalue weighted by atomic mass is 9.87. The van der Waals surface area contributed by atoms with Gasteiger partial charge in [0.25, 0.3) is 0 Å². The highest BCUT2D eigenvalue weighted by atomic mass is 32.2. The average Bonchev–Trinajstić information content (AvgIpc) is 2.30. The zero-order valence-electron chi connectivity index (χ0n) is 8.85. The summed E-state index contributed by atoms with van der Waals surface area (Å²) < 4.78 is 0. The third-order valence-corrected chi connectivity index (χ3v) is 3.95. The Morgan fingerprint density at radius 2 is 2.00 bits per heavy atom. The van der Waals surface area contributed by atoms with Crippen molar-refractivity contribution in [3.05, 3.63) is 35.4 Å². The van der Waals surface area contributed by atoms with Crippen LogP contribution in [0.2, 0.25) is 0 Å². The van der Waals surface area contributed by atoms with E-state index in [4.69, 9.17) is 5.11 Å². The number of thioether (sulfide) groups is 1. The van der Waals surface area contributed by atoms with Crippen molar-refractivity contribution in [3.8, 4) is 0 Å². The molecular weight excluding hydrogens is 224 g/mol. The van der Waals surface area contributed by atoms with Gasteiger partial charge in [-0.25, -0.2) is 4.79 Å². The Hall–Kier alpha value is -1.00. The fourth-order valence-electron chi connectivity index (χ4n) is 1.94. The van der Waals surface area contributed by atoms with Crippen LogP contribution in [0.1, 0.15) is 28.8 Å². The first-order chi connectivity index (χ1) is 7.62. The van der Waals surface area contributed by atoms with E-state index >= 15 is 0 Å². The smallest absolute Gasteiger partial charge is 0.335 e. The first-order valence-corrected chi connectivity index (χ1v) is 6.41. The summed E-state index contributed by atoms with van der Waals surface area (Å²) in [5.74, 6) is 0.900. The molecule has 1 saturated heterocycles. The number of hydrogen-bond acceptors (Lipinski definition) is 3. The van der Waals surface area contributed by atoms with Crippen molar-refractivity contribution in [1.29, 1.82) is 0 Å². The Kier molecular flexibility index (Phi) is 3.21. The predicted octanol–water partition coefficient (Wildman–Crippen LogP) is 2.10. The van der Waals surface area contributed by atoms with Crippen LogP contribution in [-0.4, -0.2) is 27.7 Å². The summed E-state index contributed by atoms with van der Waals surface area (Å²) in [6, 6.07) is 6.63. The second-order valence-corrected chi connectivity index (χ2v) is 5.25. The Bertz CT molecular complexity index is 397. The third kappa shape index (κ3) is 2.23. The van der Waals surface area contributed by atoms with Crippen LogP contribution in [0.25, 0.3) is 0 Å². The van der Waals surface area contributed by atoms with Crippen molar-refractivity contribution < 1.29 is 15.0 Å². The molecule has 1 aromatic rings. The number of carboxylic acid groups (broad SMARTS) is 1. The van der Waals surface area contributed by atoms with Gasteiger partial charge < -0.3 is 10.2 Å². The quantitative estimate of drug-likeness (QED) is 0.828. The maximum Gasteiger partial charge on any atom is 0.335 e. The van der Waals surface area contributed by atoms with Crippen LogP contribution in [0.15, 0.2) is 24.3 Å². The molecule has 2 N–H and O–H groups in total. The molecule has 0 saturated carbocycles. The summed E-state index contributed by atoms with van der Waals surface area (Å²) in [7, 11) is 0. The topological polar surface area (TPSA) is 57.5 Å². The van der Waals surface area contributed by atoms with Crippen LogP contribution < -0.4 is 0 Å². The monoisotopic (exact) mass is 238 g/mol. The molecule has 1 heterocycles. The fourth-order valence-corrected chi connectivity index (χ4v) is 3.11. The van der Waals surface area contributed by atoms with E-state index in [1.54, 1.807) is 18.2 Å². The van der Waals surface area contributed by atoms with Crippen LogP contribution >= 0.6 is 11.8 Å². The summed E-state index contributed by atoms with van der Waals surface area (Å²) in [5.41, 5.74) is 0.133. The Morgan fingerprint density at radius 1 is 1.31 bits per heavy atom. The van der Waals surface area contributed by atoms with E-state index in [-0.39, 0.29) is 5.56 Å². The molecule has 0 unspecified atom stereocenters. The molecule has 86 valence electrons. The summed E-state index contributed by atoms with van der Waals surface area (Å²) >= 11 is 1.83. The zero-order chi connectivity index (χ0) is 11.6. The van der Waals surface area contributed by atoms with Crippen LogP contribution in [0.5, 0.6) is 0 Å². The number of aromatic carboxylic acids is 1. The molecule has 0 spiro atoms.